The Balaban J connectivity index is 3.00. The third-order valence-electron chi connectivity index (χ3n) is 2.13. The van der Waals surface area contributed by atoms with Crippen molar-refractivity contribution in [2.24, 2.45) is 0 Å². The van der Waals surface area contributed by atoms with E-state index in [2.05, 4.69) is 4.74 Å². The van der Waals surface area contributed by atoms with Crippen molar-refractivity contribution in [3.63, 3.8) is 0 Å². The largest absolute Gasteiger partial charge is 0.486 e. The van der Waals surface area contributed by atoms with Crippen LogP contribution in [0.15, 0.2) is 18.2 Å². The van der Waals surface area contributed by atoms with Gasteiger partial charge in [0, 0.05) is 0 Å². The fourth-order valence-electron chi connectivity index (χ4n) is 1.15. The topological polar surface area (TPSA) is 9.23 Å². The van der Waals surface area contributed by atoms with E-state index >= 15 is 0 Å². The molecule has 10 heteroatoms. The van der Waals surface area contributed by atoms with Gasteiger partial charge in [-0.1, -0.05) is 17.6 Å². The lowest BCUT2D eigenvalue weighted by atomic mass is 9.94. The number of benzene rings is 1. The molecule has 0 bridgehead atoms. The van der Waals surface area contributed by atoms with E-state index < -0.39 is 36.2 Å². The molecular weight excluding hydrogens is 299 g/mol. The Morgan fingerprint density at radius 2 is 1.50 bits per heavy atom. The summed E-state index contributed by atoms with van der Waals surface area (Å²) in [5.74, 6) is -6.42. The van der Waals surface area contributed by atoms with Crippen molar-refractivity contribution in [1.82, 2.24) is 0 Å². The third-order valence-corrected chi connectivity index (χ3v) is 2.13. The fraction of sp³-hybridized carbons (Fsp3) is 0.400. The maximum Gasteiger partial charge on any atom is 0.456 e. The summed E-state index contributed by atoms with van der Waals surface area (Å²) in [5, 5.41) is 0. The Kier molecular flexibility index (Phi) is 4.26. The van der Waals surface area contributed by atoms with E-state index in [1.165, 1.54) is 0 Å². The van der Waals surface area contributed by atoms with Crippen molar-refractivity contribution in [1.29, 1.82) is 0 Å². The Hall–Kier alpha value is -1.48. The van der Waals surface area contributed by atoms with Crippen LogP contribution < -0.4 is 10.2 Å². The molecule has 0 aliphatic heterocycles. The highest BCUT2D eigenvalue weighted by molar-refractivity contribution is 6.32. The maximum atomic E-state index is 12.6. The van der Waals surface area contributed by atoms with Crippen LogP contribution in [0.2, 0.25) is 0 Å². The highest BCUT2D eigenvalue weighted by Gasteiger charge is 2.58. The van der Waals surface area contributed by atoms with Crippen LogP contribution in [0.1, 0.15) is 5.56 Å². The summed E-state index contributed by atoms with van der Waals surface area (Å²) in [6, 6.07) is 1.84. The van der Waals surface area contributed by atoms with Crippen LogP contribution in [-0.2, 0) is 6.18 Å². The van der Waals surface area contributed by atoms with E-state index in [9.17, 15) is 35.1 Å². The van der Waals surface area contributed by atoms with E-state index in [0.717, 1.165) is 6.07 Å². The summed E-state index contributed by atoms with van der Waals surface area (Å²) in [6.07, 6.45) is -10.9. The first-order valence-corrected chi connectivity index (χ1v) is 4.88. The molecule has 1 aromatic carbocycles. The molecule has 0 aromatic heterocycles. The SMILES string of the molecule is [B]c1ccc(OCC(F)(F)C(F)(F)F)c(C(F)(F)F)c1. The maximum absolute atomic E-state index is 12.6. The summed E-state index contributed by atoms with van der Waals surface area (Å²) in [6.45, 7) is -2.26. The van der Waals surface area contributed by atoms with Gasteiger partial charge in [0.15, 0.2) is 6.61 Å². The number of hydrogen-bond acceptors (Lipinski definition) is 1. The Morgan fingerprint density at radius 3 is 1.95 bits per heavy atom. The van der Waals surface area contributed by atoms with E-state index in [4.69, 9.17) is 7.85 Å². The number of halogens is 8. The second kappa shape index (κ2) is 5.14. The van der Waals surface area contributed by atoms with Crippen molar-refractivity contribution in [3.05, 3.63) is 23.8 Å². The molecule has 0 unspecified atom stereocenters. The molecule has 0 N–H and O–H groups in total. The second-order valence-corrected chi connectivity index (χ2v) is 3.74. The molecule has 0 aliphatic carbocycles. The highest BCUT2D eigenvalue weighted by atomic mass is 19.4. The monoisotopic (exact) mass is 304 g/mol. The second-order valence-electron chi connectivity index (χ2n) is 3.74. The smallest absolute Gasteiger partial charge is 0.456 e. The molecule has 2 radical (unpaired) electrons. The van der Waals surface area contributed by atoms with Crippen molar-refractivity contribution in [3.8, 4) is 5.75 Å². The van der Waals surface area contributed by atoms with Crippen LogP contribution in [0.5, 0.6) is 5.75 Å². The predicted molar refractivity (Wildman–Crippen MR) is 53.3 cm³/mol. The Bertz CT molecular complexity index is 479. The molecule has 0 spiro atoms. The average molecular weight is 304 g/mol. The standard InChI is InChI=1S/C10H5BF8O/c11-5-1-2-7(6(3-5)9(14,15)16)20-4-8(12,13)10(17,18)19/h1-3H,4H2. The molecule has 0 amide bonds. The minimum Gasteiger partial charge on any atom is -0.486 e. The van der Waals surface area contributed by atoms with Crippen LogP contribution in [0, 0.1) is 0 Å². The molecule has 110 valence electrons. The molecule has 1 nitrogen and oxygen atoms in total. The van der Waals surface area contributed by atoms with Gasteiger partial charge >= 0.3 is 18.3 Å². The average Bonchev–Trinajstić information content (AvgIpc) is 2.24. The van der Waals surface area contributed by atoms with Crippen LogP contribution in [0.25, 0.3) is 0 Å². The Labute approximate surface area is 108 Å². The van der Waals surface area contributed by atoms with E-state index in [0.29, 0.717) is 12.1 Å². The van der Waals surface area contributed by atoms with Gasteiger partial charge in [-0.15, -0.1) is 0 Å². The van der Waals surface area contributed by atoms with Crippen LogP contribution in [-0.4, -0.2) is 26.6 Å². The number of alkyl halides is 8. The van der Waals surface area contributed by atoms with Gasteiger partial charge in [0.05, 0.1) is 5.56 Å². The first kappa shape index (κ1) is 16.6. The molecule has 0 saturated heterocycles. The van der Waals surface area contributed by atoms with Gasteiger partial charge in [-0.05, 0) is 6.07 Å². The summed E-state index contributed by atoms with van der Waals surface area (Å²) in [5.41, 5.74) is -1.87. The van der Waals surface area contributed by atoms with E-state index in [-0.39, 0.29) is 5.46 Å². The van der Waals surface area contributed by atoms with Gasteiger partial charge in [0.1, 0.15) is 13.6 Å². The minimum absolute atomic E-state index is 0.341. The van der Waals surface area contributed by atoms with Crippen molar-refractivity contribution in [2.45, 2.75) is 18.3 Å². The van der Waals surface area contributed by atoms with Gasteiger partial charge in [-0.25, -0.2) is 0 Å². The van der Waals surface area contributed by atoms with Gasteiger partial charge in [-0.2, -0.15) is 35.1 Å². The van der Waals surface area contributed by atoms with Crippen molar-refractivity contribution >= 4 is 13.3 Å². The predicted octanol–water partition coefficient (Wildman–Crippen LogP) is 3.08. The third kappa shape index (κ3) is 3.77. The first-order chi connectivity index (χ1) is 8.84. The lowest BCUT2D eigenvalue weighted by Crippen LogP contribution is -2.42. The van der Waals surface area contributed by atoms with Gasteiger partial charge in [-0.3, -0.25) is 0 Å². The summed E-state index contributed by atoms with van der Waals surface area (Å²) in [4.78, 5) is 0. The summed E-state index contributed by atoms with van der Waals surface area (Å²) in [7, 11) is 5.09. The zero-order chi connectivity index (χ0) is 15.8. The molecule has 20 heavy (non-hydrogen) atoms. The lowest BCUT2D eigenvalue weighted by Gasteiger charge is -2.21. The highest BCUT2D eigenvalue weighted by Crippen LogP contribution is 2.38. The molecule has 1 rings (SSSR count). The molecular formula is C10H5BF8O. The molecule has 0 aliphatic rings. The fourth-order valence-corrected chi connectivity index (χ4v) is 1.15. The van der Waals surface area contributed by atoms with Crippen LogP contribution in [0.4, 0.5) is 35.1 Å². The lowest BCUT2D eigenvalue weighted by molar-refractivity contribution is -0.290. The molecule has 1 aromatic rings. The molecule has 0 heterocycles. The van der Waals surface area contributed by atoms with E-state index in [1.54, 1.807) is 0 Å². The summed E-state index contributed by atoms with van der Waals surface area (Å²) < 4.78 is 102. The van der Waals surface area contributed by atoms with Gasteiger partial charge in [0.2, 0.25) is 0 Å². The molecule has 0 saturated carbocycles. The zero-order valence-electron chi connectivity index (χ0n) is 9.45. The normalized spacial score (nSPS) is 13.4. The number of rotatable bonds is 3. The van der Waals surface area contributed by atoms with Crippen molar-refractivity contribution in [2.75, 3.05) is 6.61 Å². The van der Waals surface area contributed by atoms with E-state index in [1.807, 2.05) is 0 Å². The summed E-state index contributed by atoms with van der Waals surface area (Å²) >= 11 is 0. The zero-order valence-corrected chi connectivity index (χ0v) is 9.45. The number of hydrogen-bond donors (Lipinski definition) is 0. The quantitative estimate of drug-likeness (QED) is 0.616. The first-order valence-electron chi connectivity index (χ1n) is 4.88. The van der Waals surface area contributed by atoms with Crippen molar-refractivity contribution < 1.29 is 39.9 Å². The Morgan fingerprint density at radius 1 is 0.950 bits per heavy atom. The molecule has 0 atom stereocenters. The van der Waals surface area contributed by atoms with Gasteiger partial charge < -0.3 is 4.74 Å². The van der Waals surface area contributed by atoms with Crippen LogP contribution in [0.3, 0.4) is 0 Å². The number of ether oxygens (including phenoxy) is 1. The minimum atomic E-state index is -5.92. The molecule has 0 fully saturated rings. The van der Waals surface area contributed by atoms with Gasteiger partial charge in [0.25, 0.3) is 0 Å². The van der Waals surface area contributed by atoms with Crippen LogP contribution >= 0.6 is 0 Å².